The average molecular weight is 690 g/mol. The van der Waals surface area contributed by atoms with Crippen molar-refractivity contribution in [1.29, 1.82) is 0 Å². The van der Waals surface area contributed by atoms with Gasteiger partial charge in [0.05, 0.1) is 41.7 Å². The number of piperidine rings is 1. The number of carboxylic acid groups (broad SMARTS) is 1. The Kier molecular flexibility index (Phi) is 12.0. The summed E-state index contributed by atoms with van der Waals surface area (Å²) in [4.78, 5) is 36.9. The molecule has 3 N–H and O–H groups in total. The molecule has 2 fully saturated rings. The van der Waals surface area contributed by atoms with E-state index in [4.69, 9.17) is 9.84 Å². The number of carbonyl (C=O) groups is 2. The van der Waals surface area contributed by atoms with Crippen LogP contribution in [0.5, 0.6) is 0 Å². The summed E-state index contributed by atoms with van der Waals surface area (Å²) >= 11 is 0. The smallest absolute Gasteiger partial charge is 0.416 e. The molecule has 266 valence electrons. The number of aliphatic hydroxyl groups excluding tert-OH is 1. The summed E-state index contributed by atoms with van der Waals surface area (Å²) in [5.74, 6) is -1.26. The van der Waals surface area contributed by atoms with E-state index < -0.39 is 53.6 Å². The molecule has 2 heterocycles. The highest BCUT2D eigenvalue weighted by atomic mass is 19.4. The summed E-state index contributed by atoms with van der Waals surface area (Å²) in [6.45, 7) is 3.44. The number of hydrogen-bond acceptors (Lipinski definition) is 8. The third kappa shape index (κ3) is 9.20. The van der Waals surface area contributed by atoms with E-state index in [2.05, 4.69) is 15.3 Å². The van der Waals surface area contributed by atoms with E-state index in [0.717, 1.165) is 0 Å². The van der Waals surface area contributed by atoms with Gasteiger partial charge in [-0.25, -0.2) is 14.8 Å². The van der Waals surface area contributed by atoms with Gasteiger partial charge in [0, 0.05) is 31.2 Å². The van der Waals surface area contributed by atoms with Gasteiger partial charge in [0.1, 0.15) is 6.10 Å². The van der Waals surface area contributed by atoms with Crippen molar-refractivity contribution in [3.8, 4) is 0 Å². The van der Waals surface area contributed by atoms with E-state index in [1.807, 2.05) is 13.8 Å². The molecular weight excluding hydrogens is 648 g/mol. The first-order valence-corrected chi connectivity index (χ1v) is 16.1. The predicted octanol–water partition coefficient (Wildman–Crippen LogP) is 6.73. The molecule has 1 aliphatic heterocycles. The summed E-state index contributed by atoms with van der Waals surface area (Å²) in [7, 11) is 0. The third-order valence-electron chi connectivity index (χ3n) is 9.10. The van der Waals surface area contributed by atoms with Gasteiger partial charge in [-0.05, 0) is 75.1 Å². The van der Waals surface area contributed by atoms with E-state index in [9.17, 15) is 41.0 Å². The van der Waals surface area contributed by atoms with Gasteiger partial charge < -0.3 is 30.1 Å². The Morgan fingerprint density at radius 3 is 1.94 bits per heavy atom. The minimum Gasteiger partial charge on any atom is -0.481 e. The van der Waals surface area contributed by atoms with Gasteiger partial charge in [-0.2, -0.15) is 26.3 Å². The topological polar surface area (TPSA) is 128 Å². The standard InChI is InChI=1S/C32H41F6N5O5/c1-3-24-14-26(15-25(4-2)43(24)30(47)48-27-7-5-20(6-8-27)28(45)46)42(29-40-16-23(17-41-29)39-9-10-44)18-19-11-21(31(33,34)35)13-22(12-19)32(36,37)38/h11-13,16-17,20,24-27,39,44H,3-10,14-15,18H2,1-2H3,(H,45,46)/t20-,24-,25+,26?,27-. The molecule has 1 unspecified atom stereocenters. The zero-order valence-electron chi connectivity index (χ0n) is 26.7. The van der Waals surface area contributed by atoms with Crippen molar-refractivity contribution < 1.29 is 50.9 Å². The maximum atomic E-state index is 13.7. The number of ether oxygens (including phenoxy) is 1. The van der Waals surface area contributed by atoms with Gasteiger partial charge >= 0.3 is 24.4 Å². The summed E-state index contributed by atoms with van der Waals surface area (Å²) in [6, 6.07) is 0.243. The Bertz CT molecular complexity index is 1340. The van der Waals surface area contributed by atoms with Crippen molar-refractivity contribution in [2.24, 2.45) is 5.92 Å². The minimum atomic E-state index is -5.02. The fraction of sp³-hybridized carbons (Fsp3) is 0.625. The lowest BCUT2D eigenvalue weighted by Gasteiger charge is -2.47. The number of aromatic nitrogens is 2. The number of nitrogens with zero attached hydrogens (tertiary/aromatic N) is 4. The lowest BCUT2D eigenvalue weighted by Crippen LogP contribution is -2.57. The third-order valence-corrected chi connectivity index (χ3v) is 9.10. The molecule has 1 aromatic heterocycles. The summed E-state index contributed by atoms with van der Waals surface area (Å²) in [5.41, 5.74) is -2.63. The van der Waals surface area contributed by atoms with Crippen LogP contribution < -0.4 is 10.2 Å². The van der Waals surface area contributed by atoms with Crippen molar-refractivity contribution in [3.63, 3.8) is 0 Å². The number of halogens is 6. The molecule has 1 amide bonds. The number of hydrogen-bond donors (Lipinski definition) is 3. The van der Waals surface area contributed by atoms with Gasteiger partial charge in [0.2, 0.25) is 5.95 Å². The maximum absolute atomic E-state index is 13.7. The van der Waals surface area contributed by atoms with Crippen LogP contribution in [0, 0.1) is 5.92 Å². The van der Waals surface area contributed by atoms with E-state index in [1.165, 1.54) is 12.4 Å². The lowest BCUT2D eigenvalue weighted by atomic mass is 9.87. The van der Waals surface area contributed by atoms with Gasteiger partial charge in [0.25, 0.3) is 0 Å². The number of aliphatic carboxylic acids is 1. The number of aliphatic hydroxyl groups is 1. The van der Waals surface area contributed by atoms with Crippen molar-refractivity contribution in [1.82, 2.24) is 14.9 Å². The molecule has 1 aliphatic carbocycles. The number of alkyl halides is 6. The first kappa shape index (κ1) is 37.0. The van der Waals surface area contributed by atoms with Crippen molar-refractivity contribution in [3.05, 3.63) is 47.3 Å². The molecule has 3 atom stereocenters. The van der Waals surface area contributed by atoms with Crippen LogP contribution in [0.2, 0.25) is 0 Å². The Morgan fingerprint density at radius 2 is 1.48 bits per heavy atom. The van der Waals surface area contributed by atoms with Gasteiger partial charge in [-0.1, -0.05) is 13.8 Å². The van der Waals surface area contributed by atoms with Crippen LogP contribution in [0.15, 0.2) is 30.6 Å². The number of likely N-dealkylation sites (tertiary alicyclic amines) is 1. The Hall–Kier alpha value is -3.82. The second-order valence-corrected chi connectivity index (χ2v) is 12.3. The largest absolute Gasteiger partial charge is 0.481 e. The zero-order valence-corrected chi connectivity index (χ0v) is 26.7. The fourth-order valence-corrected chi connectivity index (χ4v) is 6.59. The average Bonchev–Trinajstić information content (AvgIpc) is 3.05. The number of nitrogens with one attached hydrogen (secondary N) is 1. The molecule has 4 rings (SSSR count). The molecule has 10 nitrogen and oxygen atoms in total. The molecule has 2 aromatic rings. The number of benzene rings is 1. The first-order chi connectivity index (χ1) is 22.6. The molecule has 1 saturated carbocycles. The van der Waals surface area contributed by atoms with Crippen molar-refractivity contribution in [2.75, 3.05) is 23.4 Å². The molecule has 0 spiro atoms. The van der Waals surface area contributed by atoms with E-state index >= 15 is 0 Å². The van der Waals surface area contributed by atoms with Crippen molar-refractivity contribution >= 4 is 23.7 Å². The van der Waals surface area contributed by atoms with Gasteiger partial charge in [-0.3, -0.25) is 4.79 Å². The SMILES string of the molecule is CC[C@@H]1CC(N(Cc2cc(C(F)(F)F)cc(C(F)(F)F)c2)c2ncc(NCCO)cn2)C[C@H](CC)N1C(=O)O[C@H]1CC[C@H](C(=O)O)CC1. The second-order valence-electron chi connectivity index (χ2n) is 12.3. The lowest BCUT2D eigenvalue weighted by molar-refractivity contribution is -0.144. The van der Waals surface area contributed by atoms with Crippen LogP contribution in [0.25, 0.3) is 0 Å². The zero-order chi connectivity index (χ0) is 35.2. The molecule has 0 bridgehead atoms. The van der Waals surface area contributed by atoms with E-state index in [1.54, 1.807) is 9.80 Å². The monoisotopic (exact) mass is 689 g/mol. The van der Waals surface area contributed by atoms with Crippen LogP contribution >= 0.6 is 0 Å². The molecule has 48 heavy (non-hydrogen) atoms. The number of rotatable bonds is 11. The van der Waals surface area contributed by atoms with Crippen molar-refractivity contribution in [2.45, 2.75) is 108 Å². The summed E-state index contributed by atoms with van der Waals surface area (Å²) < 4.78 is 88.2. The van der Waals surface area contributed by atoms with Crippen LogP contribution in [0.1, 0.15) is 81.9 Å². The van der Waals surface area contributed by atoms with Crippen LogP contribution in [0.3, 0.4) is 0 Å². The highest BCUT2D eigenvalue weighted by molar-refractivity contribution is 5.70. The highest BCUT2D eigenvalue weighted by Gasteiger charge is 2.42. The molecule has 2 aliphatic rings. The summed E-state index contributed by atoms with van der Waals surface area (Å²) in [6.07, 6.45) is -4.88. The summed E-state index contributed by atoms with van der Waals surface area (Å²) in [5, 5.41) is 21.3. The number of carbonyl (C=O) groups excluding carboxylic acids is 1. The normalized spacial score (nSPS) is 23.4. The molecule has 0 radical (unpaired) electrons. The van der Waals surface area contributed by atoms with E-state index in [-0.39, 0.29) is 49.4 Å². The van der Waals surface area contributed by atoms with E-state index in [0.29, 0.717) is 69.2 Å². The molecular formula is C32H41F6N5O5. The minimum absolute atomic E-state index is 0.0800. The molecule has 1 aromatic carbocycles. The Labute approximate surface area is 274 Å². The Balaban J connectivity index is 1.64. The number of amides is 1. The quantitative estimate of drug-likeness (QED) is 0.220. The van der Waals surface area contributed by atoms with Crippen LogP contribution in [-0.2, 0) is 28.4 Å². The number of carboxylic acids is 1. The molecule has 16 heteroatoms. The Morgan fingerprint density at radius 1 is 0.938 bits per heavy atom. The van der Waals surface area contributed by atoms with Gasteiger partial charge in [0.15, 0.2) is 0 Å². The highest BCUT2D eigenvalue weighted by Crippen LogP contribution is 2.38. The maximum Gasteiger partial charge on any atom is 0.416 e. The molecule has 1 saturated heterocycles. The van der Waals surface area contributed by atoms with Crippen LogP contribution in [-0.4, -0.2) is 74.5 Å². The first-order valence-electron chi connectivity index (χ1n) is 16.1. The second kappa shape index (κ2) is 15.6. The van der Waals surface area contributed by atoms with Crippen LogP contribution in [0.4, 0.5) is 42.8 Å². The number of anilines is 2. The predicted molar refractivity (Wildman–Crippen MR) is 163 cm³/mol. The van der Waals surface area contributed by atoms with Gasteiger partial charge in [-0.15, -0.1) is 0 Å². The fourth-order valence-electron chi connectivity index (χ4n) is 6.59.